The molecule has 0 aliphatic carbocycles. The number of anilines is 1. The van der Waals surface area contributed by atoms with Crippen molar-refractivity contribution in [1.82, 2.24) is 9.38 Å². The van der Waals surface area contributed by atoms with Gasteiger partial charge in [0, 0.05) is 11.9 Å². The predicted octanol–water partition coefficient (Wildman–Crippen LogP) is 4.23. The van der Waals surface area contributed by atoms with Crippen LogP contribution in [-0.2, 0) is 6.42 Å². The van der Waals surface area contributed by atoms with Crippen LogP contribution < -0.4 is 10.1 Å². The molecule has 1 N–H and O–H groups in total. The maximum atomic E-state index is 12.8. The number of halogens is 1. The molecular weight excluding hydrogens is 370 g/mol. The third-order valence-corrected chi connectivity index (χ3v) is 4.37. The van der Waals surface area contributed by atoms with Crippen molar-refractivity contribution in [2.45, 2.75) is 20.3 Å². The summed E-state index contributed by atoms with van der Waals surface area (Å²) in [5.41, 5.74) is 3.84. The zero-order chi connectivity index (χ0) is 17.3. The Bertz CT molecular complexity index is 901. The van der Waals surface area contributed by atoms with Gasteiger partial charge in [-0.05, 0) is 65.2 Å². The molecule has 0 bridgehead atoms. The topological polar surface area (TPSA) is 55.6 Å². The number of nitrogens with zero attached hydrogens (tertiary/aromatic N) is 2. The number of hydrogen-bond donors (Lipinski definition) is 1. The van der Waals surface area contributed by atoms with Crippen LogP contribution in [-0.4, -0.2) is 22.4 Å². The molecule has 0 aliphatic heterocycles. The summed E-state index contributed by atoms with van der Waals surface area (Å²) >= 11 is 3.53. The van der Waals surface area contributed by atoms with E-state index in [1.54, 1.807) is 7.11 Å². The van der Waals surface area contributed by atoms with Crippen LogP contribution >= 0.6 is 15.9 Å². The number of rotatable bonds is 4. The van der Waals surface area contributed by atoms with Gasteiger partial charge in [0.2, 0.25) is 0 Å². The van der Waals surface area contributed by atoms with E-state index < -0.39 is 0 Å². The minimum Gasteiger partial charge on any atom is -0.497 e. The Morgan fingerprint density at radius 2 is 2.04 bits per heavy atom. The molecule has 5 nitrogen and oxygen atoms in total. The Morgan fingerprint density at radius 3 is 2.67 bits per heavy atom. The van der Waals surface area contributed by atoms with E-state index in [0.717, 1.165) is 27.1 Å². The maximum Gasteiger partial charge on any atom is 0.274 e. The van der Waals surface area contributed by atoms with Gasteiger partial charge in [-0.2, -0.15) is 0 Å². The Hall–Kier alpha value is -2.34. The number of methoxy groups -OCH3 is 1. The molecule has 6 heteroatoms. The Labute approximate surface area is 148 Å². The largest absolute Gasteiger partial charge is 0.497 e. The molecule has 0 aliphatic rings. The number of benzene rings is 1. The second-order valence-electron chi connectivity index (χ2n) is 5.50. The molecule has 0 unspecified atom stereocenters. The number of carbonyl (C=O) groups is 1. The first-order chi connectivity index (χ1) is 11.5. The standard InChI is InChI=1S/C18H18BrN3O2/c1-4-15-16(22-10-11(2)9-14(19)17(22)21-15)18(23)20-12-5-7-13(24-3)8-6-12/h5-10H,4H2,1-3H3,(H,20,23). The zero-order valence-corrected chi connectivity index (χ0v) is 15.3. The number of imidazole rings is 1. The monoisotopic (exact) mass is 387 g/mol. The van der Waals surface area contributed by atoms with Crippen molar-refractivity contribution in [3.8, 4) is 5.75 Å². The number of aromatic nitrogens is 2. The van der Waals surface area contributed by atoms with Gasteiger partial charge in [0.05, 0.1) is 17.3 Å². The third-order valence-electron chi connectivity index (χ3n) is 3.78. The van der Waals surface area contributed by atoms with Gasteiger partial charge in [0.1, 0.15) is 11.4 Å². The molecule has 3 aromatic rings. The second kappa shape index (κ2) is 6.65. The fourth-order valence-corrected chi connectivity index (χ4v) is 3.27. The van der Waals surface area contributed by atoms with Crippen LogP contribution in [0.4, 0.5) is 5.69 Å². The van der Waals surface area contributed by atoms with Crippen molar-refractivity contribution < 1.29 is 9.53 Å². The smallest absolute Gasteiger partial charge is 0.274 e. The lowest BCUT2D eigenvalue weighted by Gasteiger charge is -2.08. The number of carbonyl (C=O) groups excluding carboxylic acids is 1. The summed E-state index contributed by atoms with van der Waals surface area (Å²) in [6.07, 6.45) is 2.60. The van der Waals surface area contributed by atoms with Crippen LogP contribution in [0.1, 0.15) is 28.7 Å². The van der Waals surface area contributed by atoms with E-state index in [1.807, 2.05) is 54.8 Å². The summed E-state index contributed by atoms with van der Waals surface area (Å²) in [4.78, 5) is 17.4. The molecular formula is C18H18BrN3O2. The number of hydrogen-bond acceptors (Lipinski definition) is 3. The third kappa shape index (κ3) is 3.01. The van der Waals surface area contributed by atoms with Gasteiger partial charge in [0.15, 0.2) is 5.65 Å². The number of aryl methyl sites for hydroxylation is 2. The number of amides is 1. The molecule has 0 saturated heterocycles. The number of nitrogens with one attached hydrogen (secondary N) is 1. The van der Waals surface area contributed by atoms with E-state index in [0.29, 0.717) is 17.8 Å². The van der Waals surface area contributed by atoms with E-state index in [9.17, 15) is 4.79 Å². The van der Waals surface area contributed by atoms with E-state index >= 15 is 0 Å². The predicted molar refractivity (Wildman–Crippen MR) is 98.0 cm³/mol. The minimum absolute atomic E-state index is 0.179. The van der Waals surface area contributed by atoms with E-state index in [2.05, 4.69) is 26.2 Å². The molecule has 0 atom stereocenters. The SMILES string of the molecule is CCc1nc2c(Br)cc(C)cn2c1C(=O)Nc1ccc(OC)cc1. The average Bonchev–Trinajstić information content (AvgIpc) is 2.94. The lowest BCUT2D eigenvalue weighted by atomic mass is 10.2. The molecule has 0 radical (unpaired) electrons. The van der Waals surface area contributed by atoms with Crippen molar-refractivity contribution in [3.63, 3.8) is 0 Å². The van der Waals surface area contributed by atoms with Crippen LogP contribution in [0.25, 0.3) is 5.65 Å². The summed E-state index contributed by atoms with van der Waals surface area (Å²) < 4.78 is 7.85. The molecule has 24 heavy (non-hydrogen) atoms. The van der Waals surface area contributed by atoms with Crippen molar-refractivity contribution in [2.24, 2.45) is 0 Å². The molecule has 3 rings (SSSR count). The van der Waals surface area contributed by atoms with Gasteiger partial charge >= 0.3 is 0 Å². The first-order valence-electron chi connectivity index (χ1n) is 7.66. The molecule has 2 heterocycles. The normalized spacial score (nSPS) is 10.8. The highest BCUT2D eigenvalue weighted by Gasteiger charge is 2.20. The highest BCUT2D eigenvalue weighted by molar-refractivity contribution is 9.10. The molecule has 0 saturated carbocycles. The van der Waals surface area contributed by atoms with Crippen molar-refractivity contribution in [3.05, 3.63) is 58.0 Å². The van der Waals surface area contributed by atoms with Gasteiger partial charge in [-0.1, -0.05) is 6.92 Å². The van der Waals surface area contributed by atoms with E-state index in [4.69, 9.17) is 4.74 Å². The zero-order valence-electron chi connectivity index (χ0n) is 13.8. The lowest BCUT2D eigenvalue weighted by Crippen LogP contribution is -2.16. The number of ether oxygens (including phenoxy) is 1. The summed E-state index contributed by atoms with van der Waals surface area (Å²) in [6, 6.07) is 9.24. The molecule has 124 valence electrons. The Morgan fingerprint density at radius 1 is 1.33 bits per heavy atom. The van der Waals surface area contributed by atoms with E-state index in [-0.39, 0.29) is 5.91 Å². The molecule has 2 aromatic heterocycles. The summed E-state index contributed by atoms with van der Waals surface area (Å²) in [7, 11) is 1.61. The summed E-state index contributed by atoms with van der Waals surface area (Å²) in [5, 5.41) is 2.93. The van der Waals surface area contributed by atoms with Crippen LogP contribution in [0.5, 0.6) is 5.75 Å². The van der Waals surface area contributed by atoms with Gasteiger partial charge in [-0.25, -0.2) is 4.98 Å². The van der Waals surface area contributed by atoms with Crippen LogP contribution in [0.2, 0.25) is 0 Å². The first-order valence-corrected chi connectivity index (χ1v) is 8.45. The first kappa shape index (κ1) is 16.5. The summed E-state index contributed by atoms with van der Waals surface area (Å²) in [5.74, 6) is 0.568. The lowest BCUT2D eigenvalue weighted by molar-refractivity contribution is 0.102. The molecule has 1 amide bonds. The van der Waals surface area contributed by atoms with Crippen molar-refractivity contribution in [1.29, 1.82) is 0 Å². The highest BCUT2D eigenvalue weighted by Crippen LogP contribution is 2.24. The van der Waals surface area contributed by atoms with Crippen LogP contribution in [0.3, 0.4) is 0 Å². The minimum atomic E-state index is -0.179. The quantitative estimate of drug-likeness (QED) is 0.728. The van der Waals surface area contributed by atoms with Crippen LogP contribution in [0, 0.1) is 6.92 Å². The number of fused-ring (bicyclic) bond motifs is 1. The van der Waals surface area contributed by atoms with Gasteiger partial charge in [-0.15, -0.1) is 0 Å². The average molecular weight is 388 g/mol. The van der Waals surface area contributed by atoms with Gasteiger partial charge < -0.3 is 10.1 Å². The molecule has 0 fully saturated rings. The summed E-state index contributed by atoms with van der Waals surface area (Å²) in [6.45, 7) is 3.98. The maximum absolute atomic E-state index is 12.8. The second-order valence-corrected chi connectivity index (χ2v) is 6.36. The van der Waals surface area contributed by atoms with Gasteiger partial charge in [0.25, 0.3) is 5.91 Å². The fourth-order valence-electron chi connectivity index (χ4n) is 2.63. The highest BCUT2D eigenvalue weighted by atomic mass is 79.9. The molecule has 1 aromatic carbocycles. The molecule has 0 spiro atoms. The Balaban J connectivity index is 2.02. The van der Waals surface area contributed by atoms with Gasteiger partial charge in [-0.3, -0.25) is 9.20 Å². The Kier molecular flexibility index (Phi) is 4.57. The number of pyridine rings is 1. The fraction of sp³-hybridized carbons (Fsp3) is 0.222. The van der Waals surface area contributed by atoms with E-state index in [1.165, 1.54) is 0 Å². The van der Waals surface area contributed by atoms with Crippen molar-refractivity contribution in [2.75, 3.05) is 12.4 Å². The van der Waals surface area contributed by atoms with Crippen LogP contribution in [0.15, 0.2) is 41.0 Å². The van der Waals surface area contributed by atoms with Crippen molar-refractivity contribution >= 4 is 33.2 Å².